The maximum Gasteiger partial charge on any atom is 0.337 e. The quantitative estimate of drug-likeness (QED) is 0.157. The topological polar surface area (TPSA) is 135 Å². The predicted molar refractivity (Wildman–Crippen MR) is 150 cm³/mol. The van der Waals surface area contributed by atoms with Crippen LogP contribution < -0.4 is 16.0 Å². The third kappa shape index (κ3) is 7.01. The molecule has 0 saturated carbocycles. The lowest BCUT2D eigenvalue weighted by Crippen LogP contribution is -2.08. The lowest BCUT2D eigenvalue weighted by molar-refractivity contribution is 0.0600. The van der Waals surface area contributed by atoms with Crippen LogP contribution in [0.3, 0.4) is 0 Å². The van der Waals surface area contributed by atoms with E-state index in [-0.39, 0.29) is 29.4 Å². The fourth-order valence-electron chi connectivity index (χ4n) is 3.63. The minimum absolute atomic E-state index is 0.0598. The maximum absolute atomic E-state index is 12.0. The van der Waals surface area contributed by atoms with Crippen molar-refractivity contribution in [1.82, 2.24) is 15.0 Å². The molecule has 10 nitrogen and oxygen atoms in total. The number of Topliss-reactive ketones (excluding diaryl/α,β-unsaturated/α-hetero) is 2. The highest BCUT2D eigenvalue weighted by atomic mass is 16.5. The number of hydrogen-bond acceptors (Lipinski definition) is 10. The van der Waals surface area contributed by atoms with Crippen LogP contribution in [0.15, 0.2) is 72.8 Å². The van der Waals surface area contributed by atoms with E-state index in [1.165, 1.54) is 7.11 Å². The molecule has 0 bridgehead atoms. The Morgan fingerprint density at radius 1 is 0.564 bits per heavy atom. The molecule has 39 heavy (non-hydrogen) atoms. The Kier molecular flexibility index (Phi) is 8.57. The molecule has 1 heterocycles. The van der Waals surface area contributed by atoms with Gasteiger partial charge in [0.25, 0.3) is 0 Å². The van der Waals surface area contributed by atoms with E-state index < -0.39 is 5.97 Å². The number of hydrogen-bond donors (Lipinski definition) is 3. The number of esters is 1. The molecule has 4 rings (SSSR count). The standard InChI is InChI=1S/C29H28N6O4/c1-4-24(36)18-6-12-21(13-7-18)30-27-33-28(31-22-14-8-19(9-15-22)25(37)5-2)35-29(34-27)32-23-16-10-20(11-17-23)26(38)39-3/h6-17H,4-5H2,1-3H3,(H3,30,31,32,33,34,35). The van der Waals surface area contributed by atoms with Crippen molar-refractivity contribution in [2.45, 2.75) is 26.7 Å². The Bertz CT molecular complexity index is 1280. The molecule has 3 N–H and O–H groups in total. The zero-order valence-electron chi connectivity index (χ0n) is 21.8. The molecular formula is C29H28N6O4. The SMILES string of the molecule is CCC(=O)c1ccc(Nc2nc(Nc3ccc(C(=O)CC)cc3)nc(Nc3ccc(C(=O)OC)cc3)n2)cc1. The van der Waals surface area contributed by atoms with E-state index in [0.717, 1.165) is 0 Å². The Morgan fingerprint density at radius 2 is 0.872 bits per heavy atom. The predicted octanol–water partition coefficient (Wildman–Crippen LogP) is 6.07. The number of benzene rings is 3. The van der Waals surface area contributed by atoms with E-state index in [2.05, 4.69) is 30.9 Å². The number of nitrogens with one attached hydrogen (secondary N) is 3. The summed E-state index contributed by atoms with van der Waals surface area (Å²) in [6.07, 6.45) is 0.858. The first-order chi connectivity index (χ1) is 18.9. The van der Waals surface area contributed by atoms with Gasteiger partial charge in [0.15, 0.2) is 11.6 Å². The van der Waals surface area contributed by atoms with Crippen LogP contribution in [0.1, 0.15) is 57.8 Å². The van der Waals surface area contributed by atoms with Gasteiger partial charge in [-0.2, -0.15) is 15.0 Å². The van der Waals surface area contributed by atoms with Crippen LogP contribution >= 0.6 is 0 Å². The molecule has 0 aliphatic rings. The Labute approximate surface area is 225 Å². The van der Waals surface area contributed by atoms with Crippen LogP contribution in [0.2, 0.25) is 0 Å². The van der Waals surface area contributed by atoms with Crippen LogP contribution in [0.4, 0.5) is 34.9 Å². The molecule has 0 amide bonds. The van der Waals surface area contributed by atoms with Crippen LogP contribution in [-0.2, 0) is 4.74 Å². The second-order valence-corrected chi connectivity index (χ2v) is 8.46. The monoisotopic (exact) mass is 524 g/mol. The minimum Gasteiger partial charge on any atom is -0.465 e. The van der Waals surface area contributed by atoms with Gasteiger partial charge in [-0.25, -0.2) is 4.79 Å². The van der Waals surface area contributed by atoms with Gasteiger partial charge in [-0.05, 0) is 72.8 Å². The van der Waals surface area contributed by atoms with E-state index >= 15 is 0 Å². The molecule has 1 aromatic heterocycles. The van der Waals surface area contributed by atoms with Crippen molar-refractivity contribution in [3.05, 3.63) is 89.5 Å². The highest BCUT2D eigenvalue weighted by Gasteiger charge is 2.11. The number of methoxy groups -OCH3 is 1. The second kappa shape index (κ2) is 12.4. The average Bonchev–Trinajstić information content (AvgIpc) is 2.97. The summed E-state index contributed by atoms with van der Waals surface area (Å²) in [4.78, 5) is 49.1. The Hall–Kier alpha value is -5.12. The van der Waals surface area contributed by atoms with Crippen molar-refractivity contribution in [2.24, 2.45) is 0 Å². The Morgan fingerprint density at radius 3 is 1.15 bits per heavy atom. The molecule has 0 atom stereocenters. The fourth-order valence-corrected chi connectivity index (χ4v) is 3.63. The lowest BCUT2D eigenvalue weighted by atomic mass is 10.1. The van der Waals surface area contributed by atoms with Gasteiger partial charge in [0.2, 0.25) is 17.8 Å². The van der Waals surface area contributed by atoms with Crippen molar-refractivity contribution in [2.75, 3.05) is 23.1 Å². The summed E-state index contributed by atoms with van der Waals surface area (Å²) < 4.78 is 4.75. The van der Waals surface area contributed by atoms with Crippen LogP contribution in [0.25, 0.3) is 0 Å². The number of carbonyl (C=O) groups excluding carboxylic acids is 3. The lowest BCUT2D eigenvalue weighted by Gasteiger charge is -2.12. The molecular weight excluding hydrogens is 496 g/mol. The van der Waals surface area contributed by atoms with Crippen molar-refractivity contribution in [1.29, 1.82) is 0 Å². The van der Waals surface area contributed by atoms with Gasteiger partial charge in [0.1, 0.15) is 0 Å². The summed E-state index contributed by atoms with van der Waals surface area (Å²) >= 11 is 0. The number of anilines is 6. The first-order valence-corrected chi connectivity index (χ1v) is 12.4. The molecule has 0 unspecified atom stereocenters. The first-order valence-electron chi connectivity index (χ1n) is 12.4. The van der Waals surface area contributed by atoms with E-state index in [1.807, 2.05) is 13.8 Å². The summed E-state index contributed by atoms with van der Waals surface area (Å²) in [5.74, 6) is 0.450. The molecule has 0 fully saturated rings. The summed E-state index contributed by atoms with van der Waals surface area (Å²) in [6.45, 7) is 3.64. The van der Waals surface area contributed by atoms with Gasteiger partial charge in [-0.1, -0.05) is 13.8 Å². The normalized spacial score (nSPS) is 10.4. The largest absolute Gasteiger partial charge is 0.465 e. The van der Waals surface area contributed by atoms with Crippen molar-refractivity contribution >= 4 is 52.4 Å². The van der Waals surface area contributed by atoms with E-state index in [1.54, 1.807) is 72.8 Å². The Balaban J connectivity index is 1.61. The molecule has 0 aliphatic carbocycles. The van der Waals surface area contributed by atoms with Crippen molar-refractivity contribution in [3.63, 3.8) is 0 Å². The number of carbonyl (C=O) groups is 3. The molecule has 4 aromatic rings. The second-order valence-electron chi connectivity index (χ2n) is 8.46. The molecule has 10 heteroatoms. The summed E-state index contributed by atoms with van der Waals surface area (Å²) in [6, 6.07) is 20.8. The van der Waals surface area contributed by atoms with E-state index in [4.69, 9.17) is 4.74 Å². The van der Waals surface area contributed by atoms with E-state index in [9.17, 15) is 14.4 Å². The average molecular weight is 525 g/mol. The molecule has 3 aromatic carbocycles. The molecule has 0 aliphatic heterocycles. The highest BCUT2D eigenvalue weighted by molar-refractivity contribution is 5.96. The van der Waals surface area contributed by atoms with Gasteiger partial charge < -0.3 is 20.7 Å². The fraction of sp³-hybridized carbons (Fsp3) is 0.172. The van der Waals surface area contributed by atoms with Gasteiger partial charge in [0.05, 0.1) is 12.7 Å². The van der Waals surface area contributed by atoms with Gasteiger partial charge in [0, 0.05) is 41.0 Å². The van der Waals surface area contributed by atoms with Crippen molar-refractivity contribution < 1.29 is 19.1 Å². The minimum atomic E-state index is -0.432. The molecule has 198 valence electrons. The highest BCUT2D eigenvalue weighted by Crippen LogP contribution is 2.22. The summed E-state index contributed by atoms with van der Waals surface area (Å²) in [5, 5.41) is 9.41. The summed E-state index contributed by atoms with van der Waals surface area (Å²) in [7, 11) is 1.33. The van der Waals surface area contributed by atoms with Gasteiger partial charge in [-0.3, -0.25) is 9.59 Å². The number of nitrogens with zero attached hydrogens (tertiary/aromatic N) is 3. The van der Waals surface area contributed by atoms with E-state index in [0.29, 0.717) is 46.6 Å². The smallest absolute Gasteiger partial charge is 0.337 e. The molecule has 0 saturated heterocycles. The number of rotatable bonds is 11. The van der Waals surface area contributed by atoms with Gasteiger partial charge in [-0.15, -0.1) is 0 Å². The third-order valence-corrected chi connectivity index (χ3v) is 5.77. The zero-order chi connectivity index (χ0) is 27.8. The summed E-state index contributed by atoms with van der Waals surface area (Å²) in [5.41, 5.74) is 3.70. The van der Waals surface area contributed by atoms with Crippen molar-refractivity contribution in [3.8, 4) is 0 Å². The van der Waals surface area contributed by atoms with Crippen LogP contribution in [0.5, 0.6) is 0 Å². The number of ether oxygens (including phenoxy) is 1. The molecule has 0 radical (unpaired) electrons. The third-order valence-electron chi connectivity index (χ3n) is 5.77. The molecule has 0 spiro atoms. The maximum atomic E-state index is 12.0. The van der Waals surface area contributed by atoms with Gasteiger partial charge >= 0.3 is 5.97 Å². The zero-order valence-corrected chi connectivity index (χ0v) is 21.8. The first kappa shape index (κ1) is 26.9. The number of ketones is 2. The number of aromatic nitrogens is 3. The van der Waals surface area contributed by atoms with Crippen LogP contribution in [0, 0.1) is 0 Å². The van der Waals surface area contributed by atoms with Crippen LogP contribution in [-0.4, -0.2) is 39.6 Å².